The van der Waals surface area contributed by atoms with Crippen LogP contribution in [0.2, 0.25) is 5.02 Å². The van der Waals surface area contributed by atoms with E-state index in [-0.39, 0.29) is 18.4 Å². The zero-order valence-electron chi connectivity index (χ0n) is 17.6. The second-order valence-corrected chi connectivity index (χ2v) is 9.56. The van der Waals surface area contributed by atoms with Crippen molar-refractivity contribution in [3.8, 4) is 0 Å². The molecule has 0 N–H and O–H groups in total. The molecule has 2 aromatic carbocycles. The fourth-order valence-electron chi connectivity index (χ4n) is 6.27. The molecule has 0 saturated heterocycles. The number of benzene rings is 2. The first-order valence-corrected chi connectivity index (χ1v) is 11.5. The van der Waals surface area contributed by atoms with Crippen molar-refractivity contribution in [3.63, 3.8) is 0 Å². The molecule has 5 nitrogen and oxygen atoms in total. The first-order chi connectivity index (χ1) is 15.6. The van der Waals surface area contributed by atoms with Crippen LogP contribution in [0.3, 0.4) is 0 Å². The number of aliphatic imine (C=N–C) groups is 1. The molecule has 4 aliphatic rings. The number of fused-ring (bicyclic) bond motifs is 2. The molecule has 6 heteroatoms. The second-order valence-electron chi connectivity index (χ2n) is 9.13. The number of allylic oxidation sites excluding steroid dienone is 2. The highest BCUT2D eigenvalue weighted by Crippen LogP contribution is 2.60. The van der Waals surface area contributed by atoms with E-state index in [0.717, 1.165) is 28.9 Å². The van der Waals surface area contributed by atoms with E-state index in [9.17, 15) is 9.59 Å². The number of hydrogen-bond donors (Lipinski definition) is 0. The number of ether oxygens (including phenoxy) is 1. The van der Waals surface area contributed by atoms with Gasteiger partial charge in [0.2, 0.25) is 0 Å². The molecule has 2 aliphatic heterocycles. The number of rotatable bonds is 2. The van der Waals surface area contributed by atoms with E-state index in [1.807, 2.05) is 42.5 Å². The minimum absolute atomic E-state index is 0.170. The number of carbonyl (C=O) groups excluding carboxylic acids is 2. The third kappa shape index (κ3) is 2.54. The van der Waals surface area contributed by atoms with E-state index in [4.69, 9.17) is 21.3 Å². The lowest BCUT2D eigenvalue weighted by Crippen LogP contribution is -2.62. The van der Waals surface area contributed by atoms with E-state index < -0.39 is 16.9 Å². The number of Topliss-reactive ketones (excluding diaryl/α,β-unsaturated/α-hetero) is 1. The van der Waals surface area contributed by atoms with Gasteiger partial charge in [-0.15, -0.1) is 0 Å². The van der Waals surface area contributed by atoms with Crippen LogP contribution in [0.5, 0.6) is 0 Å². The molecular weight excluding hydrogens is 424 g/mol. The summed E-state index contributed by atoms with van der Waals surface area (Å²) < 4.78 is 5.74. The summed E-state index contributed by atoms with van der Waals surface area (Å²) in [6.45, 7) is 0.835. The molecule has 162 valence electrons. The lowest BCUT2D eigenvalue weighted by molar-refractivity contribution is -0.126. The van der Waals surface area contributed by atoms with E-state index in [2.05, 4.69) is 12.2 Å². The van der Waals surface area contributed by atoms with E-state index >= 15 is 0 Å². The predicted molar refractivity (Wildman–Crippen MR) is 123 cm³/mol. The van der Waals surface area contributed by atoms with Crippen molar-refractivity contribution in [2.75, 3.05) is 11.4 Å². The molecule has 1 amide bonds. The maximum Gasteiger partial charge on any atom is 0.414 e. The van der Waals surface area contributed by atoms with Crippen LogP contribution in [-0.2, 0) is 21.6 Å². The van der Waals surface area contributed by atoms with Gasteiger partial charge in [0.05, 0.1) is 22.6 Å². The first kappa shape index (κ1) is 19.7. The monoisotopic (exact) mass is 446 g/mol. The van der Waals surface area contributed by atoms with Gasteiger partial charge in [-0.25, -0.2) is 4.79 Å². The number of hydrogen-bond acceptors (Lipinski definition) is 4. The molecule has 0 aromatic heterocycles. The summed E-state index contributed by atoms with van der Waals surface area (Å²) in [7, 11) is 0. The summed E-state index contributed by atoms with van der Waals surface area (Å²) >= 11 is 6.44. The highest BCUT2D eigenvalue weighted by molar-refractivity contribution is 6.31. The zero-order valence-corrected chi connectivity index (χ0v) is 18.3. The largest absolute Gasteiger partial charge is 0.444 e. The third-order valence-corrected chi connectivity index (χ3v) is 7.88. The summed E-state index contributed by atoms with van der Waals surface area (Å²) in [5, 5.41) is 0.623. The molecule has 0 radical (unpaired) electrons. The SMILES string of the molecule is O=C(OCc1ccccc1)N1c2ccc(Cl)cc2[C@]23CCN=C2C2(CC=CC2)C(=O)C[C@H]13. The molecular formula is C26H23ClN2O3. The van der Waals surface area contributed by atoms with Crippen LogP contribution >= 0.6 is 11.6 Å². The number of amides is 1. The fraction of sp³-hybridized carbons (Fsp3) is 0.346. The van der Waals surface area contributed by atoms with Gasteiger partial charge in [0.15, 0.2) is 0 Å². The zero-order chi connectivity index (χ0) is 21.9. The Balaban J connectivity index is 1.43. The normalized spacial score (nSPS) is 26.7. The Bertz CT molecular complexity index is 1180. The van der Waals surface area contributed by atoms with Gasteiger partial charge in [-0.3, -0.25) is 14.7 Å². The Labute approximate surface area is 191 Å². The topological polar surface area (TPSA) is 59.0 Å². The molecule has 2 aliphatic carbocycles. The molecule has 1 fully saturated rings. The van der Waals surface area contributed by atoms with Crippen molar-refractivity contribution in [1.82, 2.24) is 0 Å². The van der Waals surface area contributed by atoms with Crippen LogP contribution in [0, 0.1) is 5.41 Å². The van der Waals surface area contributed by atoms with Crippen molar-refractivity contribution < 1.29 is 14.3 Å². The smallest absolute Gasteiger partial charge is 0.414 e. The van der Waals surface area contributed by atoms with Crippen molar-refractivity contribution in [2.24, 2.45) is 10.4 Å². The van der Waals surface area contributed by atoms with Gasteiger partial charge in [-0.1, -0.05) is 54.1 Å². The second kappa shape index (κ2) is 7.04. The summed E-state index contributed by atoms with van der Waals surface area (Å²) in [5.74, 6) is 0.170. The molecule has 1 saturated carbocycles. The summed E-state index contributed by atoms with van der Waals surface area (Å²) in [5.41, 5.74) is 2.59. The van der Waals surface area contributed by atoms with E-state index in [0.29, 0.717) is 30.8 Å². The van der Waals surface area contributed by atoms with Gasteiger partial charge in [0, 0.05) is 23.7 Å². The minimum atomic E-state index is -0.573. The Morgan fingerprint density at radius 3 is 2.72 bits per heavy atom. The van der Waals surface area contributed by atoms with Crippen LogP contribution in [0.15, 0.2) is 65.7 Å². The molecule has 0 unspecified atom stereocenters. The molecule has 2 aromatic rings. The van der Waals surface area contributed by atoms with Crippen LogP contribution in [0.1, 0.15) is 36.8 Å². The number of anilines is 1. The van der Waals surface area contributed by atoms with Gasteiger partial charge in [0.1, 0.15) is 12.4 Å². The van der Waals surface area contributed by atoms with Crippen LogP contribution < -0.4 is 4.90 Å². The van der Waals surface area contributed by atoms with Crippen molar-refractivity contribution in [1.29, 1.82) is 0 Å². The molecule has 32 heavy (non-hydrogen) atoms. The standard InChI is InChI=1S/C26H23ClN2O3/c27-18-8-9-20-19(14-18)26-12-13-28-23(26)25(10-4-5-11-25)22(30)15-21(26)29(20)24(31)32-16-17-6-2-1-3-7-17/h1-9,14,21H,10-13,15-16H2/t21-,26-/m0/s1. The molecule has 0 bridgehead atoms. The number of halogens is 1. The van der Waals surface area contributed by atoms with Gasteiger partial charge < -0.3 is 4.74 Å². The summed E-state index contributed by atoms with van der Waals surface area (Å²) in [6, 6.07) is 14.9. The van der Waals surface area contributed by atoms with Crippen LogP contribution in [-0.4, -0.2) is 30.2 Å². The van der Waals surface area contributed by atoms with Gasteiger partial charge >= 0.3 is 6.09 Å². The summed E-state index contributed by atoms with van der Waals surface area (Å²) in [6.07, 6.45) is 6.20. The van der Waals surface area contributed by atoms with Crippen LogP contribution in [0.25, 0.3) is 0 Å². The minimum Gasteiger partial charge on any atom is -0.444 e. The lowest BCUT2D eigenvalue weighted by Gasteiger charge is -2.47. The van der Waals surface area contributed by atoms with Crippen molar-refractivity contribution in [3.05, 3.63) is 76.8 Å². The fourth-order valence-corrected chi connectivity index (χ4v) is 6.44. The van der Waals surface area contributed by atoms with Gasteiger partial charge in [-0.2, -0.15) is 0 Å². The first-order valence-electron chi connectivity index (χ1n) is 11.1. The quantitative estimate of drug-likeness (QED) is 0.591. The van der Waals surface area contributed by atoms with Gasteiger partial charge in [-0.05, 0) is 48.6 Å². The van der Waals surface area contributed by atoms with Crippen LogP contribution in [0.4, 0.5) is 10.5 Å². The molecule has 2 atom stereocenters. The van der Waals surface area contributed by atoms with E-state index in [1.54, 1.807) is 11.0 Å². The Morgan fingerprint density at radius 1 is 1.16 bits per heavy atom. The van der Waals surface area contributed by atoms with Gasteiger partial charge in [0.25, 0.3) is 0 Å². The van der Waals surface area contributed by atoms with Crippen molar-refractivity contribution >= 4 is 34.9 Å². The Hall–Kier alpha value is -2.92. The average molecular weight is 447 g/mol. The molecule has 2 spiro atoms. The number of ketones is 1. The number of carbonyl (C=O) groups is 2. The Kier molecular flexibility index (Phi) is 4.34. The van der Waals surface area contributed by atoms with Crippen molar-refractivity contribution in [2.45, 2.75) is 43.7 Å². The predicted octanol–water partition coefficient (Wildman–Crippen LogP) is 5.26. The highest BCUT2D eigenvalue weighted by Gasteiger charge is 2.67. The highest BCUT2D eigenvalue weighted by atomic mass is 35.5. The molecule has 6 rings (SSSR count). The van der Waals surface area contributed by atoms with E-state index in [1.165, 1.54) is 0 Å². The third-order valence-electron chi connectivity index (χ3n) is 7.64. The Morgan fingerprint density at radius 2 is 1.94 bits per heavy atom. The summed E-state index contributed by atoms with van der Waals surface area (Å²) in [4.78, 5) is 33.6. The average Bonchev–Trinajstić information content (AvgIpc) is 3.52. The molecule has 2 heterocycles. The maximum atomic E-state index is 13.5. The lowest BCUT2D eigenvalue weighted by atomic mass is 9.55. The maximum absolute atomic E-state index is 13.5. The number of nitrogens with zero attached hydrogens (tertiary/aromatic N) is 2.